The van der Waals surface area contributed by atoms with Crippen molar-refractivity contribution in [2.45, 2.75) is 18.4 Å². The molecule has 0 aromatic heterocycles. The summed E-state index contributed by atoms with van der Waals surface area (Å²) < 4.78 is 0.969. The summed E-state index contributed by atoms with van der Waals surface area (Å²) in [6.45, 7) is 1.67. The van der Waals surface area contributed by atoms with E-state index in [4.69, 9.17) is 11.6 Å². The Kier molecular flexibility index (Phi) is 3.59. The van der Waals surface area contributed by atoms with Gasteiger partial charge in [0.1, 0.15) is 0 Å². The number of rotatable bonds is 2. The lowest BCUT2D eigenvalue weighted by Gasteiger charge is -2.23. The van der Waals surface area contributed by atoms with Crippen LogP contribution in [0.5, 0.6) is 0 Å². The summed E-state index contributed by atoms with van der Waals surface area (Å²) in [7, 11) is 2.03. The molecule has 1 unspecified atom stereocenters. The Bertz CT molecular complexity index is 399. The molecule has 1 aliphatic rings. The van der Waals surface area contributed by atoms with Crippen LogP contribution in [-0.4, -0.2) is 35.7 Å². The maximum absolute atomic E-state index is 10.4. The van der Waals surface area contributed by atoms with E-state index in [0.29, 0.717) is 6.42 Å². The van der Waals surface area contributed by atoms with Crippen molar-refractivity contribution in [1.29, 1.82) is 0 Å². The number of halogens is 2. The topological polar surface area (TPSA) is 23.5 Å². The van der Waals surface area contributed by atoms with E-state index >= 15 is 0 Å². The van der Waals surface area contributed by atoms with Crippen LogP contribution in [0.15, 0.2) is 22.7 Å². The van der Waals surface area contributed by atoms with Crippen molar-refractivity contribution >= 4 is 27.5 Å². The normalized spacial score (nSPS) is 26.2. The van der Waals surface area contributed by atoms with Gasteiger partial charge in [0, 0.05) is 29.0 Å². The Morgan fingerprint density at radius 1 is 1.56 bits per heavy atom. The lowest BCUT2D eigenvalue weighted by atomic mass is 9.94. The van der Waals surface area contributed by atoms with E-state index in [1.54, 1.807) is 0 Å². The highest BCUT2D eigenvalue weighted by atomic mass is 79.9. The van der Waals surface area contributed by atoms with Crippen LogP contribution >= 0.6 is 27.5 Å². The van der Waals surface area contributed by atoms with Crippen molar-refractivity contribution in [3.05, 3.63) is 33.3 Å². The third kappa shape index (κ3) is 2.77. The van der Waals surface area contributed by atoms with Crippen molar-refractivity contribution in [2.75, 3.05) is 20.1 Å². The van der Waals surface area contributed by atoms with Crippen LogP contribution in [0.25, 0.3) is 0 Å². The molecule has 0 amide bonds. The minimum atomic E-state index is -0.619. The molecule has 0 saturated carbocycles. The fourth-order valence-corrected chi connectivity index (χ4v) is 2.96. The molecule has 0 bridgehead atoms. The SMILES string of the molecule is CN1CCC(O)(Cc2ccc(Br)cc2Cl)C1. The molecule has 1 heterocycles. The van der Waals surface area contributed by atoms with Crippen molar-refractivity contribution < 1.29 is 5.11 Å². The first-order valence-corrected chi connectivity index (χ1v) is 6.50. The number of likely N-dealkylation sites (N-methyl/N-ethyl adjacent to an activating group) is 1. The summed E-state index contributed by atoms with van der Waals surface area (Å²) in [5.74, 6) is 0. The predicted octanol–water partition coefficient (Wildman–Crippen LogP) is 2.71. The third-order valence-electron chi connectivity index (χ3n) is 3.06. The van der Waals surface area contributed by atoms with Crippen LogP contribution in [0.2, 0.25) is 5.02 Å². The largest absolute Gasteiger partial charge is 0.388 e. The Labute approximate surface area is 109 Å². The highest BCUT2D eigenvalue weighted by Crippen LogP contribution is 2.29. The van der Waals surface area contributed by atoms with Crippen LogP contribution in [-0.2, 0) is 6.42 Å². The molecule has 1 aromatic carbocycles. The molecule has 16 heavy (non-hydrogen) atoms. The van der Waals surface area contributed by atoms with Gasteiger partial charge in [-0.05, 0) is 31.2 Å². The van der Waals surface area contributed by atoms with Gasteiger partial charge in [-0.2, -0.15) is 0 Å². The first-order chi connectivity index (χ1) is 7.48. The molecule has 0 aliphatic carbocycles. The van der Waals surface area contributed by atoms with Gasteiger partial charge in [0.05, 0.1) is 5.60 Å². The molecule has 2 rings (SSSR count). The molecule has 88 valence electrons. The van der Waals surface area contributed by atoms with Gasteiger partial charge in [-0.3, -0.25) is 0 Å². The van der Waals surface area contributed by atoms with Gasteiger partial charge in [0.15, 0.2) is 0 Å². The minimum Gasteiger partial charge on any atom is -0.388 e. The average molecular weight is 305 g/mol. The quantitative estimate of drug-likeness (QED) is 0.908. The van der Waals surface area contributed by atoms with E-state index in [1.807, 2.05) is 25.2 Å². The van der Waals surface area contributed by atoms with Gasteiger partial charge in [0.2, 0.25) is 0 Å². The van der Waals surface area contributed by atoms with E-state index < -0.39 is 5.60 Å². The average Bonchev–Trinajstić information content (AvgIpc) is 2.52. The number of benzene rings is 1. The standard InChI is InChI=1S/C12H15BrClNO/c1-15-5-4-12(16,8-15)7-9-2-3-10(13)6-11(9)14/h2-3,6,16H,4-5,7-8H2,1H3. The molecule has 2 nitrogen and oxygen atoms in total. The van der Waals surface area contributed by atoms with Gasteiger partial charge in [-0.1, -0.05) is 33.6 Å². The van der Waals surface area contributed by atoms with Crippen molar-refractivity contribution in [1.82, 2.24) is 4.90 Å². The Morgan fingerprint density at radius 2 is 2.31 bits per heavy atom. The van der Waals surface area contributed by atoms with Gasteiger partial charge < -0.3 is 10.0 Å². The number of β-amino-alcohol motifs (C(OH)–C–C–N with tert-alkyl or cyclic N) is 1. The molecule has 1 atom stereocenters. The van der Waals surface area contributed by atoms with E-state index in [0.717, 1.165) is 34.6 Å². The fraction of sp³-hybridized carbons (Fsp3) is 0.500. The second-order valence-electron chi connectivity index (χ2n) is 4.62. The molecular formula is C12H15BrClNO. The zero-order chi connectivity index (χ0) is 11.8. The van der Waals surface area contributed by atoms with Crippen LogP contribution in [0, 0.1) is 0 Å². The summed E-state index contributed by atoms with van der Waals surface area (Å²) in [6, 6.07) is 5.81. The lowest BCUT2D eigenvalue weighted by molar-refractivity contribution is 0.0524. The van der Waals surface area contributed by atoms with E-state index in [2.05, 4.69) is 20.8 Å². The van der Waals surface area contributed by atoms with Crippen LogP contribution in [0.3, 0.4) is 0 Å². The van der Waals surface area contributed by atoms with E-state index in [9.17, 15) is 5.11 Å². The number of hydrogen-bond acceptors (Lipinski definition) is 2. The highest BCUT2D eigenvalue weighted by Gasteiger charge is 2.34. The smallest absolute Gasteiger partial charge is 0.0826 e. The molecule has 4 heteroatoms. The zero-order valence-corrected chi connectivity index (χ0v) is 11.6. The second kappa shape index (κ2) is 4.65. The van der Waals surface area contributed by atoms with Gasteiger partial charge in [-0.15, -0.1) is 0 Å². The molecule has 1 fully saturated rings. The van der Waals surface area contributed by atoms with Crippen molar-refractivity contribution in [2.24, 2.45) is 0 Å². The monoisotopic (exact) mass is 303 g/mol. The molecule has 1 aromatic rings. The molecule has 0 radical (unpaired) electrons. The lowest BCUT2D eigenvalue weighted by Crippen LogP contribution is -2.34. The van der Waals surface area contributed by atoms with Gasteiger partial charge in [0.25, 0.3) is 0 Å². The molecule has 0 spiro atoms. The van der Waals surface area contributed by atoms with Gasteiger partial charge in [-0.25, -0.2) is 0 Å². The number of aliphatic hydroxyl groups is 1. The molecule has 1 aliphatic heterocycles. The van der Waals surface area contributed by atoms with E-state index in [-0.39, 0.29) is 0 Å². The Balaban J connectivity index is 2.14. The minimum absolute atomic E-state index is 0.619. The van der Waals surface area contributed by atoms with Crippen LogP contribution in [0.4, 0.5) is 0 Å². The van der Waals surface area contributed by atoms with Crippen LogP contribution in [0.1, 0.15) is 12.0 Å². The number of hydrogen-bond donors (Lipinski definition) is 1. The first-order valence-electron chi connectivity index (χ1n) is 5.33. The van der Waals surface area contributed by atoms with Crippen LogP contribution < -0.4 is 0 Å². The van der Waals surface area contributed by atoms with E-state index in [1.165, 1.54) is 0 Å². The Hall–Kier alpha value is -0.0900. The van der Waals surface area contributed by atoms with Crippen molar-refractivity contribution in [3.8, 4) is 0 Å². The summed E-state index contributed by atoms with van der Waals surface area (Å²) in [4.78, 5) is 2.15. The maximum Gasteiger partial charge on any atom is 0.0826 e. The summed E-state index contributed by atoms with van der Waals surface area (Å²) in [6.07, 6.45) is 1.44. The molecule has 1 N–H and O–H groups in total. The Morgan fingerprint density at radius 3 is 2.88 bits per heavy atom. The first kappa shape index (κ1) is 12.4. The summed E-state index contributed by atoms with van der Waals surface area (Å²) in [5, 5.41) is 11.1. The summed E-state index contributed by atoms with van der Waals surface area (Å²) >= 11 is 9.53. The maximum atomic E-state index is 10.4. The fourth-order valence-electron chi connectivity index (χ4n) is 2.22. The second-order valence-corrected chi connectivity index (χ2v) is 5.95. The molecular weight excluding hydrogens is 289 g/mol. The number of likely N-dealkylation sites (tertiary alicyclic amines) is 1. The number of nitrogens with zero attached hydrogens (tertiary/aromatic N) is 1. The third-order valence-corrected chi connectivity index (χ3v) is 3.90. The van der Waals surface area contributed by atoms with Crippen molar-refractivity contribution in [3.63, 3.8) is 0 Å². The van der Waals surface area contributed by atoms with Gasteiger partial charge >= 0.3 is 0 Å². The summed E-state index contributed by atoms with van der Waals surface area (Å²) in [5.41, 5.74) is 0.398. The highest BCUT2D eigenvalue weighted by molar-refractivity contribution is 9.10. The predicted molar refractivity (Wildman–Crippen MR) is 69.9 cm³/mol. The molecule has 1 saturated heterocycles. The zero-order valence-electron chi connectivity index (χ0n) is 9.21.